The lowest BCUT2D eigenvalue weighted by Crippen LogP contribution is -2.28. The summed E-state index contributed by atoms with van der Waals surface area (Å²) in [5.41, 5.74) is 2.04. The van der Waals surface area contributed by atoms with E-state index in [1.807, 2.05) is 4.90 Å². The van der Waals surface area contributed by atoms with Crippen molar-refractivity contribution in [2.24, 2.45) is 0 Å². The highest BCUT2D eigenvalue weighted by Crippen LogP contribution is 2.28. The van der Waals surface area contributed by atoms with Crippen LogP contribution in [-0.2, 0) is 0 Å². The van der Waals surface area contributed by atoms with Gasteiger partial charge >= 0.3 is 0 Å². The molecule has 1 saturated heterocycles. The largest absolute Gasteiger partial charge is 0.342 e. The number of aromatic nitrogens is 3. The van der Waals surface area contributed by atoms with Crippen LogP contribution in [-0.4, -0.2) is 38.8 Å². The summed E-state index contributed by atoms with van der Waals surface area (Å²) in [6, 6.07) is 8.04. The maximum atomic E-state index is 13.3. The molecular formula is C17H15FN4O. The van der Waals surface area contributed by atoms with Crippen LogP contribution in [0.15, 0.2) is 42.7 Å². The molecule has 1 atom stereocenters. The predicted molar refractivity (Wildman–Crippen MR) is 83.6 cm³/mol. The Morgan fingerprint density at radius 3 is 3.09 bits per heavy atom. The second-order valence-corrected chi connectivity index (χ2v) is 5.76. The van der Waals surface area contributed by atoms with Gasteiger partial charge in [-0.25, -0.2) is 9.37 Å². The average molecular weight is 310 g/mol. The molecule has 2 aromatic heterocycles. The molecule has 0 unspecified atom stereocenters. The number of amides is 1. The standard InChI is InChI=1S/C17H15FN4O/c18-13-3-4-14-15(8-13)21-16(20-14)12-5-7-22(10-12)17(23)11-2-1-6-19-9-11/h1-4,6,8-9,12H,5,7,10H2,(H,20,21)/t12-/m0/s1. The zero-order valence-corrected chi connectivity index (χ0v) is 12.4. The van der Waals surface area contributed by atoms with Gasteiger partial charge in [-0.1, -0.05) is 0 Å². The molecule has 0 spiro atoms. The number of benzene rings is 1. The van der Waals surface area contributed by atoms with Gasteiger partial charge in [-0.15, -0.1) is 0 Å². The minimum Gasteiger partial charge on any atom is -0.342 e. The molecule has 1 aliphatic rings. The van der Waals surface area contributed by atoms with Gasteiger partial charge in [0, 0.05) is 31.4 Å². The molecule has 0 aliphatic carbocycles. The molecule has 0 saturated carbocycles. The number of carbonyl (C=O) groups excluding carboxylic acids is 1. The lowest BCUT2D eigenvalue weighted by atomic mass is 10.1. The number of likely N-dealkylation sites (tertiary alicyclic amines) is 1. The molecule has 0 radical (unpaired) electrons. The van der Waals surface area contributed by atoms with Crippen molar-refractivity contribution >= 4 is 16.9 Å². The van der Waals surface area contributed by atoms with Gasteiger partial charge in [0.1, 0.15) is 11.6 Å². The van der Waals surface area contributed by atoms with Crippen molar-refractivity contribution in [3.8, 4) is 0 Å². The Morgan fingerprint density at radius 1 is 1.35 bits per heavy atom. The van der Waals surface area contributed by atoms with Crippen LogP contribution in [0, 0.1) is 5.82 Å². The van der Waals surface area contributed by atoms with Crippen LogP contribution in [0.4, 0.5) is 4.39 Å². The number of rotatable bonds is 2. The van der Waals surface area contributed by atoms with E-state index < -0.39 is 0 Å². The zero-order chi connectivity index (χ0) is 15.8. The van der Waals surface area contributed by atoms with Crippen LogP contribution < -0.4 is 0 Å². The third-order valence-corrected chi connectivity index (χ3v) is 4.23. The molecular weight excluding hydrogens is 295 g/mol. The first-order chi connectivity index (χ1) is 11.2. The summed E-state index contributed by atoms with van der Waals surface area (Å²) in [5.74, 6) is 0.661. The Morgan fingerprint density at radius 2 is 2.26 bits per heavy atom. The number of halogens is 1. The monoisotopic (exact) mass is 310 g/mol. The van der Waals surface area contributed by atoms with Crippen LogP contribution in [0.25, 0.3) is 11.0 Å². The lowest BCUT2D eigenvalue weighted by Gasteiger charge is -2.15. The maximum Gasteiger partial charge on any atom is 0.255 e. The lowest BCUT2D eigenvalue weighted by molar-refractivity contribution is 0.0790. The molecule has 3 heterocycles. The van der Waals surface area contributed by atoms with E-state index in [0.717, 1.165) is 17.8 Å². The number of H-pyrrole nitrogens is 1. The first kappa shape index (κ1) is 13.9. The van der Waals surface area contributed by atoms with Crippen LogP contribution in [0.5, 0.6) is 0 Å². The molecule has 1 N–H and O–H groups in total. The fourth-order valence-corrected chi connectivity index (χ4v) is 3.03. The predicted octanol–water partition coefficient (Wildman–Crippen LogP) is 2.73. The number of fused-ring (bicyclic) bond motifs is 1. The molecule has 1 aromatic carbocycles. The van der Waals surface area contributed by atoms with E-state index in [1.165, 1.54) is 12.1 Å². The first-order valence-electron chi connectivity index (χ1n) is 7.55. The normalized spacial score (nSPS) is 17.8. The third-order valence-electron chi connectivity index (χ3n) is 4.23. The number of pyridine rings is 1. The second-order valence-electron chi connectivity index (χ2n) is 5.76. The number of nitrogens with one attached hydrogen (secondary N) is 1. The SMILES string of the molecule is O=C(c1cccnc1)N1CC[C@H](c2nc3ccc(F)cc3[nH]2)C1. The zero-order valence-electron chi connectivity index (χ0n) is 12.4. The van der Waals surface area contributed by atoms with Crippen molar-refractivity contribution in [2.45, 2.75) is 12.3 Å². The van der Waals surface area contributed by atoms with E-state index in [4.69, 9.17) is 0 Å². The Kier molecular flexibility index (Phi) is 3.29. The van der Waals surface area contributed by atoms with Crippen LogP contribution in [0.3, 0.4) is 0 Å². The smallest absolute Gasteiger partial charge is 0.255 e. The van der Waals surface area contributed by atoms with Crippen molar-refractivity contribution in [3.63, 3.8) is 0 Å². The van der Waals surface area contributed by atoms with E-state index in [9.17, 15) is 9.18 Å². The fraction of sp³-hybridized carbons (Fsp3) is 0.235. The number of aromatic amines is 1. The van der Waals surface area contributed by atoms with Crippen LogP contribution in [0.1, 0.15) is 28.5 Å². The third kappa shape index (κ3) is 2.56. The van der Waals surface area contributed by atoms with E-state index in [1.54, 1.807) is 30.6 Å². The average Bonchev–Trinajstić information content (AvgIpc) is 3.21. The molecule has 3 aromatic rings. The maximum absolute atomic E-state index is 13.3. The summed E-state index contributed by atoms with van der Waals surface area (Å²) in [6.07, 6.45) is 4.07. The van der Waals surface area contributed by atoms with E-state index >= 15 is 0 Å². The van der Waals surface area contributed by atoms with Gasteiger partial charge in [-0.05, 0) is 36.8 Å². The highest BCUT2D eigenvalue weighted by atomic mass is 19.1. The van der Waals surface area contributed by atoms with E-state index in [0.29, 0.717) is 24.2 Å². The molecule has 1 aliphatic heterocycles. The fourth-order valence-electron chi connectivity index (χ4n) is 3.03. The van der Waals surface area contributed by atoms with Gasteiger partial charge in [0.05, 0.1) is 16.6 Å². The summed E-state index contributed by atoms with van der Waals surface area (Å²) >= 11 is 0. The van der Waals surface area contributed by atoms with Crippen molar-refractivity contribution in [2.75, 3.05) is 13.1 Å². The summed E-state index contributed by atoms with van der Waals surface area (Å²) in [4.78, 5) is 26.0. The molecule has 1 amide bonds. The number of imidazole rings is 1. The number of carbonyl (C=O) groups is 1. The van der Waals surface area contributed by atoms with Gasteiger partial charge in [-0.3, -0.25) is 9.78 Å². The summed E-state index contributed by atoms with van der Waals surface area (Å²) in [6.45, 7) is 1.29. The quantitative estimate of drug-likeness (QED) is 0.791. The Balaban J connectivity index is 1.54. The Hall–Kier alpha value is -2.76. The highest BCUT2D eigenvalue weighted by molar-refractivity contribution is 5.94. The van der Waals surface area contributed by atoms with Gasteiger partial charge in [0.25, 0.3) is 5.91 Å². The van der Waals surface area contributed by atoms with Crippen LogP contribution >= 0.6 is 0 Å². The van der Waals surface area contributed by atoms with Crippen LogP contribution in [0.2, 0.25) is 0 Å². The van der Waals surface area contributed by atoms with Crippen molar-refractivity contribution in [1.82, 2.24) is 19.9 Å². The molecule has 5 nitrogen and oxygen atoms in total. The second kappa shape index (κ2) is 5.46. The van der Waals surface area contributed by atoms with Crippen molar-refractivity contribution in [3.05, 3.63) is 59.9 Å². The van der Waals surface area contributed by atoms with E-state index in [2.05, 4.69) is 15.0 Å². The highest BCUT2D eigenvalue weighted by Gasteiger charge is 2.29. The van der Waals surface area contributed by atoms with Crippen molar-refractivity contribution < 1.29 is 9.18 Å². The van der Waals surface area contributed by atoms with Gasteiger partial charge in [-0.2, -0.15) is 0 Å². The number of nitrogens with zero attached hydrogens (tertiary/aromatic N) is 3. The molecule has 116 valence electrons. The number of hydrogen-bond donors (Lipinski definition) is 1. The molecule has 0 bridgehead atoms. The minimum absolute atomic E-state index is 0.0113. The first-order valence-corrected chi connectivity index (χ1v) is 7.55. The number of hydrogen-bond acceptors (Lipinski definition) is 3. The molecule has 23 heavy (non-hydrogen) atoms. The molecule has 1 fully saturated rings. The van der Waals surface area contributed by atoms with Gasteiger partial charge < -0.3 is 9.88 Å². The molecule has 4 rings (SSSR count). The summed E-state index contributed by atoms with van der Waals surface area (Å²) < 4.78 is 13.3. The van der Waals surface area contributed by atoms with E-state index in [-0.39, 0.29) is 17.6 Å². The topological polar surface area (TPSA) is 61.9 Å². The Bertz CT molecular complexity index is 861. The Labute approximate surface area is 132 Å². The molecule has 6 heteroatoms. The van der Waals surface area contributed by atoms with Gasteiger partial charge in [0.2, 0.25) is 0 Å². The van der Waals surface area contributed by atoms with Crippen molar-refractivity contribution in [1.29, 1.82) is 0 Å². The minimum atomic E-state index is -0.285. The van der Waals surface area contributed by atoms with Gasteiger partial charge in [0.15, 0.2) is 0 Å². The summed E-state index contributed by atoms with van der Waals surface area (Å²) in [5, 5.41) is 0. The summed E-state index contributed by atoms with van der Waals surface area (Å²) in [7, 11) is 0.